The lowest BCUT2D eigenvalue weighted by Crippen LogP contribution is -2.27. The van der Waals surface area contributed by atoms with Crippen molar-refractivity contribution < 1.29 is 0 Å². The molecule has 1 heteroatoms. The summed E-state index contributed by atoms with van der Waals surface area (Å²) in [6.45, 7) is 4.64. The van der Waals surface area contributed by atoms with Crippen LogP contribution in [-0.4, -0.2) is 13.1 Å². The summed E-state index contributed by atoms with van der Waals surface area (Å²) in [5, 5.41) is 3.46. The number of hydrogen-bond acceptors (Lipinski definition) is 1. The normalized spacial score (nSPS) is 18.9. The van der Waals surface area contributed by atoms with Crippen molar-refractivity contribution >= 4 is 0 Å². The standard InChI is InChI=1S/C13H27N/c1-11(2)7-5-4-6-8-13(14-3)12-9-10-12/h11-14H,4-10H2,1-3H3. The molecular weight excluding hydrogens is 170 g/mol. The molecule has 1 aliphatic rings. The molecule has 0 spiro atoms. The van der Waals surface area contributed by atoms with Gasteiger partial charge in [-0.1, -0.05) is 39.5 Å². The summed E-state index contributed by atoms with van der Waals surface area (Å²) in [4.78, 5) is 0. The Labute approximate surface area is 89.7 Å². The third kappa shape index (κ3) is 4.99. The second kappa shape index (κ2) is 6.44. The maximum absolute atomic E-state index is 3.46. The van der Waals surface area contributed by atoms with E-state index in [9.17, 15) is 0 Å². The van der Waals surface area contributed by atoms with Crippen LogP contribution in [0.25, 0.3) is 0 Å². The Morgan fingerprint density at radius 1 is 1.07 bits per heavy atom. The van der Waals surface area contributed by atoms with Crippen LogP contribution in [0, 0.1) is 11.8 Å². The summed E-state index contributed by atoms with van der Waals surface area (Å²) in [5.74, 6) is 1.91. The van der Waals surface area contributed by atoms with Gasteiger partial charge in [0.1, 0.15) is 0 Å². The minimum absolute atomic E-state index is 0.828. The van der Waals surface area contributed by atoms with Crippen molar-refractivity contribution in [1.29, 1.82) is 0 Å². The van der Waals surface area contributed by atoms with Gasteiger partial charge in [0.15, 0.2) is 0 Å². The van der Waals surface area contributed by atoms with Gasteiger partial charge in [0, 0.05) is 6.04 Å². The van der Waals surface area contributed by atoms with E-state index in [4.69, 9.17) is 0 Å². The summed E-state index contributed by atoms with van der Waals surface area (Å²) in [7, 11) is 2.12. The predicted octanol–water partition coefficient (Wildman–Crippen LogP) is 3.59. The molecule has 1 aliphatic carbocycles. The van der Waals surface area contributed by atoms with Crippen LogP contribution >= 0.6 is 0 Å². The first-order valence-electron chi connectivity index (χ1n) is 6.41. The van der Waals surface area contributed by atoms with E-state index in [-0.39, 0.29) is 0 Å². The lowest BCUT2D eigenvalue weighted by Gasteiger charge is -2.14. The molecule has 0 aromatic rings. The number of rotatable bonds is 8. The van der Waals surface area contributed by atoms with Gasteiger partial charge >= 0.3 is 0 Å². The summed E-state index contributed by atoms with van der Waals surface area (Å²) in [5.41, 5.74) is 0. The molecule has 0 saturated heterocycles. The highest BCUT2D eigenvalue weighted by atomic mass is 14.9. The predicted molar refractivity (Wildman–Crippen MR) is 63.5 cm³/mol. The summed E-state index contributed by atoms with van der Waals surface area (Å²) in [6, 6.07) is 0.828. The van der Waals surface area contributed by atoms with Crippen molar-refractivity contribution in [2.24, 2.45) is 11.8 Å². The molecular formula is C13H27N. The second-order valence-corrected chi connectivity index (χ2v) is 5.26. The molecule has 84 valence electrons. The quantitative estimate of drug-likeness (QED) is 0.586. The molecule has 1 saturated carbocycles. The van der Waals surface area contributed by atoms with E-state index in [0.29, 0.717) is 0 Å². The van der Waals surface area contributed by atoms with Gasteiger partial charge in [0.2, 0.25) is 0 Å². The Hall–Kier alpha value is -0.0400. The first-order chi connectivity index (χ1) is 6.74. The third-order valence-corrected chi connectivity index (χ3v) is 3.36. The van der Waals surface area contributed by atoms with E-state index in [1.807, 2.05) is 0 Å². The Kier molecular flexibility index (Phi) is 5.54. The summed E-state index contributed by atoms with van der Waals surface area (Å²) < 4.78 is 0. The van der Waals surface area contributed by atoms with Crippen LogP contribution in [0.3, 0.4) is 0 Å². The molecule has 1 N–H and O–H groups in total. The fourth-order valence-electron chi connectivity index (χ4n) is 2.21. The zero-order valence-electron chi connectivity index (χ0n) is 10.2. The monoisotopic (exact) mass is 197 g/mol. The largest absolute Gasteiger partial charge is 0.317 e. The molecule has 0 heterocycles. The fourth-order valence-corrected chi connectivity index (χ4v) is 2.21. The van der Waals surface area contributed by atoms with Crippen LogP contribution in [0.4, 0.5) is 0 Å². The van der Waals surface area contributed by atoms with Gasteiger partial charge < -0.3 is 5.32 Å². The van der Waals surface area contributed by atoms with E-state index < -0.39 is 0 Å². The number of hydrogen-bond donors (Lipinski definition) is 1. The van der Waals surface area contributed by atoms with E-state index in [1.165, 1.54) is 44.9 Å². The zero-order valence-corrected chi connectivity index (χ0v) is 10.2. The third-order valence-electron chi connectivity index (χ3n) is 3.36. The average Bonchev–Trinajstić information content (AvgIpc) is 2.94. The summed E-state index contributed by atoms with van der Waals surface area (Å²) >= 11 is 0. The fraction of sp³-hybridized carbons (Fsp3) is 1.00. The van der Waals surface area contributed by atoms with Crippen molar-refractivity contribution in [3.05, 3.63) is 0 Å². The van der Waals surface area contributed by atoms with E-state index in [0.717, 1.165) is 17.9 Å². The van der Waals surface area contributed by atoms with Gasteiger partial charge in [0.05, 0.1) is 0 Å². The van der Waals surface area contributed by atoms with Crippen molar-refractivity contribution in [2.45, 2.75) is 64.8 Å². The molecule has 0 bridgehead atoms. The van der Waals surface area contributed by atoms with Crippen LogP contribution in [0.5, 0.6) is 0 Å². The maximum Gasteiger partial charge on any atom is 0.00923 e. The van der Waals surface area contributed by atoms with Gasteiger partial charge in [-0.25, -0.2) is 0 Å². The molecule has 0 aliphatic heterocycles. The number of unbranched alkanes of at least 4 members (excludes halogenated alkanes) is 2. The van der Waals surface area contributed by atoms with Crippen LogP contribution in [0.15, 0.2) is 0 Å². The lowest BCUT2D eigenvalue weighted by atomic mass is 10.0. The van der Waals surface area contributed by atoms with Gasteiger partial charge in [-0.15, -0.1) is 0 Å². The van der Waals surface area contributed by atoms with Crippen molar-refractivity contribution in [1.82, 2.24) is 5.32 Å². The van der Waals surface area contributed by atoms with Gasteiger partial charge in [-0.05, 0) is 38.1 Å². The first-order valence-corrected chi connectivity index (χ1v) is 6.41. The molecule has 1 rings (SSSR count). The minimum Gasteiger partial charge on any atom is -0.317 e. The topological polar surface area (TPSA) is 12.0 Å². The highest BCUT2D eigenvalue weighted by molar-refractivity contribution is 4.85. The Morgan fingerprint density at radius 3 is 2.21 bits per heavy atom. The van der Waals surface area contributed by atoms with Gasteiger partial charge in [-0.3, -0.25) is 0 Å². The van der Waals surface area contributed by atoms with Crippen LogP contribution in [0.2, 0.25) is 0 Å². The molecule has 0 radical (unpaired) electrons. The highest BCUT2D eigenvalue weighted by Crippen LogP contribution is 2.34. The SMILES string of the molecule is CNC(CCCCCC(C)C)C1CC1. The van der Waals surface area contributed by atoms with Crippen LogP contribution in [-0.2, 0) is 0 Å². The van der Waals surface area contributed by atoms with Gasteiger partial charge in [0.25, 0.3) is 0 Å². The Balaban J connectivity index is 1.91. The minimum atomic E-state index is 0.828. The van der Waals surface area contributed by atoms with Crippen molar-refractivity contribution in [2.75, 3.05) is 7.05 Å². The first kappa shape index (κ1) is 12.0. The molecule has 1 unspecified atom stereocenters. The molecule has 0 amide bonds. The highest BCUT2D eigenvalue weighted by Gasteiger charge is 2.29. The second-order valence-electron chi connectivity index (χ2n) is 5.26. The maximum atomic E-state index is 3.46. The molecule has 1 nitrogen and oxygen atoms in total. The van der Waals surface area contributed by atoms with E-state index >= 15 is 0 Å². The van der Waals surface area contributed by atoms with Gasteiger partial charge in [-0.2, -0.15) is 0 Å². The Bertz CT molecular complexity index is 138. The molecule has 1 atom stereocenters. The van der Waals surface area contributed by atoms with E-state index in [1.54, 1.807) is 0 Å². The summed E-state index contributed by atoms with van der Waals surface area (Å²) in [6.07, 6.45) is 10.0. The van der Waals surface area contributed by atoms with Crippen molar-refractivity contribution in [3.63, 3.8) is 0 Å². The Morgan fingerprint density at radius 2 is 1.71 bits per heavy atom. The number of nitrogens with one attached hydrogen (secondary N) is 1. The average molecular weight is 197 g/mol. The molecule has 0 aromatic carbocycles. The molecule has 1 fully saturated rings. The van der Waals surface area contributed by atoms with E-state index in [2.05, 4.69) is 26.2 Å². The molecule has 14 heavy (non-hydrogen) atoms. The van der Waals surface area contributed by atoms with Crippen LogP contribution in [0.1, 0.15) is 58.8 Å². The molecule has 0 aromatic heterocycles. The smallest absolute Gasteiger partial charge is 0.00923 e. The van der Waals surface area contributed by atoms with Crippen LogP contribution < -0.4 is 5.32 Å². The lowest BCUT2D eigenvalue weighted by molar-refractivity contribution is 0.435. The zero-order chi connectivity index (χ0) is 10.4. The van der Waals surface area contributed by atoms with Crippen molar-refractivity contribution in [3.8, 4) is 0 Å².